The fourth-order valence-corrected chi connectivity index (χ4v) is 4.39. The van der Waals surface area contributed by atoms with Crippen LogP contribution in [0.1, 0.15) is 26.2 Å². The molecule has 0 bridgehead atoms. The molecule has 0 aromatic carbocycles. The molecule has 4 unspecified atom stereocenters. The molecule has 1 aliphatic carbocycles. The van der Waals surface area contributed by atoms with Crippen molar-refractivity contribution in [3.63, 3.8) is 0 Å². The summed E-state index contributed by atoms with van der Waals surface area (Å²) in [6.07, 6.45) is 2.08. The first-order chi connectivity index (χ1) is 10.6. The van der Waals surface area contributed by atoms with Crippen molar-refractivity contribution in [3.8, 4) is 0 Å². The number of aliphatic hydroxyl groups is 1. The van der Waals surface area contributed by atoms with Crippen LogP contribution < -0.4 is 5.32 Å². The van der Waals surface area contributed by atoms with Crippen LogP contribution in [0.3, 0.4) is 0 Å². The first-order valence-corrected chi connectivity index (χ1v) is 9.33. The summed E-state index contributed by atoms with van der Waals surface area (Å²) < 4.78 is 22.4. The number of rotatable bonds is 10. The van der Waals surface area contributed by atoms with Crippen molar-refractivity contribution in [1.82, 2.24) is 5.32 Å². The number of aliphatic hydroxyl groups excluding tert-OH is 1. The standard InChI is InChI=1S/C15H33NO5Si/c1-5-21-9-8-16-12-10-11(6-7-13(12)17)15(19-3,20-4)14(22)18-2/h11-14,16-17H,5-10H2,1-4,22H3. The van der Waals surface area contributed by atoms with Crippen LogP contribution >= 0.6 is 0 Å². The molecule has 1 fully saturated rings. The Bertz CT molecular complexity index is 304. The second kappa shape index (κ2) is 9.97. The van der Waals surface area contributed by atoms with Gasteiger partial charge in [0.1, 0.15) is 0 Å². The molecular weight excluding hydrogens is 302 g/mol. The zero-order valence-corrected chi connectivity index (χ0v) is 16.6. The molecule has 4 atom stereocenters. The lowest BCUT2D eigenvalue weighted by Crippen LogP contribution is -2.58. The van der Waals surface area contributed by atoms with Crippen molar-refractivity contribution in [2.75, 3.05) is 41.1 Å². The molecule has 0 spiro atoms. The van der Waals surface area contributed by atoms with Gasteiger partial charge in [0.15, 0.2) is 5.79 Å². The number of ether oxygens (including phenoxy) is 4. The molecule has 132 valence electrons. The van der Waals surface area contributed by atoms with Gasteiger partial charge in [0.05, 0.1) is 18.4 Å². The molecule has 22 heavy (non-hydrogen) atoms. The molecular formula is C15H33NO5Si. The molecule has 0 heterocycles. The van der Waals surface area contributed by atoms with Gasteiger partial charge in [0, 0.05) is 56.7 Å². The van der Waals surface area contributed by atoms with Gasteiger partial charge in [-0.05, 0) is 26.2 Å². The lowest BCUT2D eigenvalue weighted by atomic mass is 9.78. The van der Waals surface area contributed by atoms with Gasteiger partial charge in [-0.1, -0.05) is 0 Å². The molecule has 0 aromatic heterocycles. The summed E-state index contributed by atoms with van der Waals surface area (Å²) in [5.74, 6) is -0.529. The lowest BCUT2D eigenvalue weighted by Gasteiger charge is -2.46. The third-order valence-electron chi connectivity index (χ3n) is 4.80. The Morgan fingerprint density at radius 3 is 2.50 bits per heavy atom. The Balaban J connectivity index is 2.70. The maximum atomic E-state index is 10.2. The van der Waals surface area contributed by atoms with E-state index in [4.69, 9.17) is 18.9 Å². The van der Waals surface area contributed by atoms with Crippen LogP contribution in [0.4, 0.5) is 0 Å². The summed E-state index contributed by atoms with van der Waals surface area (Å²) in [4.78, 5) is 0. The number of hydrogen-bond acceptors (Lipinski definition) is 6. The molecule has 1 aliphatic rings. The van der Waals surface area contributed by atoms with Crippen molar-refractivity contribution in [2.24, 2.45) is 5.92 Å². The average Bonchev–Trinajstić information content (AvgIpc) is 2.55. The molecule has 0 saturated heterocycles. The second-order valence-corrected chi connectivity index (χ2v) is 6.89. The molecule has 0 aromatic rings. The van der Waals surface area contributed by atoms with E-state index in [2.05, 4.69) is 5.32 Å². The molecule has 0 radical (unpaired) electrons. The molecule has 2 N–H and O–H groups in total. The smallest absolute Gasteiger partial charge is 0.192 e. The third kappa shape index (κ3) is 4.74. The van der Waals surface area contributed by atoms with Gasteiger partial charge >= 0.3 is 0 Å². The normalized spacial score (nSPS) is 28.0. The Hall–Kier alpha value is -0.0231. The maximum Gasteiger partial charge on any atom is 0.192 e. The molecule has 0 aliphatic heterocycles. The van der Waals surface area contributed by atoms with Crippen LogP contribution in [0.25, 0.3) is 0 Å². The minimum Gasteiger partial charge on any atom is -0.392 e. The molecule has 1 saturated carbocycles. The summed E-state index contributed by atoms with van der Waals surface area (Å²) in [5.41, 5.74) is -0.0492. The van der Waals surface area contributed by atoms with Crippen molar-refractivity contribution in [1.29, 1.82) is 0 Å². The highest BCUT2D eigenvalue weighted by Crippen LogP contribution is 2.38. The highest BCUT2D eigenvalue weighted by atomic mass is 28.1. The van der Waals surface area contributed by atoms with Crippen molar-refractivity contribution < 1.29 is 24.1 Å². The van der Waals surface area contributed by atoms with Crippen LogP contribution in [-0.2, 0) is 18.9 Å². The summed E-state index contributed by atoms with van der Waals surface area (Å²) in [5, 5.41) is 13.6. The first-order valence-electron chi connectivity index (χ1n) is 8.17. The van der Waals surface area contributed by atoms with Crippen LogP contribution in [-0.4, -0.2) is 80.1 Å². The van der Waals surface area contributed by atoms with Gasteiger partial charge in [0.25, 0.3) is 0 Å². The largest absolute Gasteiger partial charge is 0.392 e. The summed E-state index contributed by atoms with van der Waals surface area (Å²) in [6, 6.07) is 0.0367. The van der Waals surface area contributed by atoms with Gasteiger partial charge in [-0.25, -0.2) is 0 Å². The van der Waals surface area contributed by atoms with E-state index in [0.29, 0.717) is 13.2 Å². The van der Waals surface area contributed by atoms with E-state index in [1.165, 1.54) is 0 Å². The second-order valence-electron chi connectivity index (χ2n) is 5.84. The third-order valence-corrected chi connectivity index (χ3v) is 6.07. The first kappa shape index (κ1) is 20.0. The summed E-state index contributed by atoms with van der Waals surface area (Å²) >= 11 is 0. The SMILES string of the molecule is CCOCCNC1CC(C(OC)(OC)C([SiH3])OC)CCC1O. The average molecular weight is 336 g/mol. The summed E-state index contributed by atoms with van der Waals surface area (Å²) in [7, 11) is 5.86. The van der Waals surface area contributed by atoms with Gasteiger partial charge in [-0.15, -0.1) is 0 Å². The van der Waals surface area contributed by atoms with Crippen molar-refractivity contribution in [2.45, 2.75) is 49.8 Å². The highest BCUT2D eigenvalue weighted by Gasteiger charge is 2.47. The van der Waals surface area contributed by atoms with Gasteiger partial charge < -0.3 is 29.4 Å². The highest BCUT2D eigenvalue weighted by molar-refractivity contribution is 6.11. The van der Waals surface area contributed by atoms with Crippen molar-refractivity contribution >= 4 is 10.2 Å². The number of methoxy groups -OCH3 is 3. The zero-order valence-electron chi connectivity index (χ0n) is 14.6. The topological polar surface area (TPSA) is 69.2 Å². The quantitative estimate of drug-likeness (QED) is 0.318. The van der Waals surface area contributed by atoms with Gasteiger partial charge in [-0.2, -0.15) is 0 Å². The molecule has 1 rings (SSSR count). The number of hydrogen-bond donors (Lipinski definition) is 2. The zero-order chi connectivity index (χ0) is 16.6. The van der Waals surface area contributed by atoms with E-state index in [-0.39, 0.29) is 23.8 Å². The summed E-state index contributed by atoms with van der Waals surface area (Å²) in [6.45, 7) is 4.09. The van der Waals surface area contributed by atoms with Crippen LogP contribution in [0.15, 0.2) is 0 Å². The minimum absolute atomic E-state index is 0.0367. The Kier molecular flexibility index (Phi) is 9.07. The van der Waals surface area contributed by atoms with E-state index >= 15 is 0 Å². The van der Waals surface area contributed by atoms with Gasteiger partial charge in [-0.3, -0.25) is 0 Å². The Morgan fingerprint density at radius 1 is 1.27 bits per heavy atom. The lowest BCUT2D eigenvalue weighted by molar-refractivity contribution is -0.281. The van der Waals surface area contributed by atoms with Gasteiger partial charge in [0.2, 0.25) is 0 Å². The maximum absolute atomic E-state index is 10.2. The van der Waals surface area contributed by atoms with E-state index in [9.17, 15) is 5.11 Å². The molecule has 6 nitrogen and oxygen atoms in total. The fraction of sp³-hybridized carbons (Fsp3) is 1.00. The number of nitrogens with one attached hydrogen (secondary N) is 1. The van der Waals surface area contributed by atoms with Crippen molar-refractivity contribution in [3.05, 3.63) is 0 Å². The van der Waals surface area contributed by atoms with E-state index in [0.717, 1.165) is 36.0 Å². The van der Waals surface area contributed by atoms with Crippen LogP contribution in [0.5, 0.6) is 0 Å². The van der Waals surface area contributed by atoms with E-state index in [1.807, 2.05) is 6.92 Å². The van der Waals surface area contributed by atoms with Crippen LogP contribution in [0, 0.1) is 5.92 Å². The molecule has 7 heteroatoms. The fourth-order valence-electron chi connectivity index (χ4n) is 3.45. The Morgan fingerprint density at radius 2 is 1.95 bits per heavy atom. The van der Waals surface area contributed by atoms with Crippen LogP contribution in [0.2, 0.25) is 0 Å². The van der Waals surface area contributed by atoms with E-state index in [1.54, 1.807) is 21.3 Å². The van der Waals surface area contributed by atoms with E-state index < -0.39 is 5.79 Å². The minimum atomic E-state index is -0.721. The molecule has 0 amide bonds. The predicted octanol–water partition coefficient (Wildman–Crippen LogP) is -0.531. The predicted molar refractivity (Wildman–Crippen MR) is 89.1 cm³/mol. The Labute approximate surface area is 137 Å². The monoisotopic (exact) mass is 335 g/mol.